The molecule has 0 radical (unpaired) electrons. The maximum Gasteiger partial charge on any atom is 0.176 e. The number of thiophene rings is 1. The Hall–Kier alpha value is -0.670. The third-order valence-corrected chi connectivity index (χ3v) is 4.26. The Bertz CT molecular complexity index is 350. The Balaban J connectivity index is 2.06. The van der Waals surface area contributed by atoms with Crippen molar-refractivity contribution in [2.75, 3.05) is 0 Å². The van der Waals surface area contributed by atoms with Crippen LogP contribution in [0.15, 0.2) is 11.4 Å². The zero-order valence-corrected chi connectivity index (χ0v) is 9.85. The first-order valence-electron chi connectivity index (χ1n) is 5.52. The van der Waals surface area contributed by atoms with Crippen molar-refractivity contribution < 1.29 is 4.79 Å². The van der Waals surface area contributed by atoms with E-state index in [-0.39, 0.29) is 5.92 Å². The number of ketones is 1. The summed E-state index contributed by atoms with van der Waals surface area (Å²) < 4.78 is 0. The van der Waals surface area contributed by atoms with E-state index in [0.29, 0.717) is 11.8 Å². The Labute approximate surface area is 94.5 Å². The highest BCUT2D eigenvalue weighted by molar-refractivity contribution is 7.12. The van der Waals surface area contributed by atoms with Gasteiger partial charge in [0.15, 0.2) is 5.78 Å². The van der Waals surface area contributed by atoms with Gasteiger partial charge in [-0.1, -0.05) is 0 Å². The second-order valence-corrected chi connectivity index (χ2v) is 5.32. The molecule has 1 saturated carbocycles. The summed E-state index contributed by atoms with van der Waals surface area (Å²) in [6.45, 7) is 2.01. The van der Waals surface area contributed by atoms with E-state index in [1.807, 2.05) is 18.4 Å². The molecular weight excluding hydrogens is 206 g/mol. The first kappa shape index (κ1) is 10.8. The van der Waals surface area contributed by atoms with Gasteiger partial charge in [-0.05, 0) is 49.6 Å². The first-order chi connectivity index (χ1) is 7.18. The van der Waals surface area contributed by atoms with E-state index in [1.165, 1.54) is 0 Å². The lowest BCUT2D eigenvalue weighted by atomic mass is 9.83. The molecule has 2 N–H and O–H groups in total. The predicted octanol–water partition coefficient (Wildman–Crippen LogP) is 2.76. The van der Waals surface area contributed by atoms with Crippen molar-refractivity contribution in [2.45, 2.75) is 38.6 Å². The fraction of sp³-hybridized carbons (Fsp3) is 0.583. The van der Waals surface area contributed by atoms with Gasteiger partial charge in [-0.3, -0.25) is 4.79 Å². The second kappa shape index (κ2) is 4.45. The molecule has 0 aromatic carbocycles. The third kappa shape index (κ3) is 2.29. The number of aryl methyl sites for hydroxylation is 1. The number of hydrogen-bond acceptors (Lipinski definition) is 3. The summed E-state index contributed by atoms with van der Waals surface area (Å²) in [5.41, 5.74) is 6.96. The molecule has 1 fully saturated rings. The van der Waals surface area contributed by atoms with Gasteiger partial charge in [0.1, 0.15) is 0 Å². The van der Waals surface area contributed by atoms with Crippen LogP contribution in [0.3, 0.4) is 0 Å². The van der Waals surface area contributed by atoms with E-state index in [4.69, 9.17) is 5.73 Å². The molecule has 1 aromatic heterocycles. The van der Waals surface area contributed by atoms with E-state index in [9.17, 15) is 4.79 Å². The highest BCUT2D eigenvalue weighted by atomic mass is 32.1. The Morgan fingerprint density at radius 3 is 2.60 bits per heavy atom. The molecule has 82 valence electrons. The van der Waals surface area contributed by atoms with Crippen LogP contribution in [-0.4, -0.2) is 11.8 Å². The minimum atomic E-state index is 0.224. The summed E-state index contributed by atoms with van der Waals surface area (Å²) in [5, 5.41) is 2.00. The third-order valence-electron chi connectivity index (χ3n) is 3.23. The summed E-state index contributed by atoms with van der Waals surface area (Å²) in [6.07, 6.45) is 3.94. The van der Waals surface area contributed by atoms with E-state index in [2.05, 4.69) is 0 Å². The van der Waals surface area contributed by atoms with Crippen LogP contribution in [0.1, 0.15) is 40.9 Å². The summed E-state index contributed by atoms with van der Waals surface area (Å²) in [6, 6.07) is 2.34. The second-order valence-electron chi connectivity index (χ2n) is 4.41. The molecule has 0 unspecified atom stereocenters. The monoisotopic (exact) mass is 223 g/mol. The number of carbonyl (C=O) groups is 1. The molecule has 0 saturated heterocycles. The van der Waals surface area contributed by atoms with Crippen LogP contribution in [-0.2, 0) is 0 Å². The van der Waals surface area contributed by atoms with Gasteiger partial charge < -0.3 is 5.73 Å². The SMILES string of the molecule is Cc1ccsc1C(=O)C1CCC(N)CC1. The van der Waals surface area contributed by atoms with Crippen LogP contribution in [0, 0.1) is 12.8 Å². The zero-order valence-electron chi connectivity index (χ0n) is 9.03. The van der Waals surface area contributed by atoms with Gasteiger partial charge in [0.25, 0.3) is 0 Å². The molecule has 0 aliphatic heterocycles. The molecule has 15 heavy (non-hydrogen) atoms. The quantitative estimate of drug-likeness (QED) is 0.783. The molecule has 2 rings (SSSR count). The Morgan fingerprint density at radius 2 is 2.07 bits per heavy atom. The van der Waals surface area contributed by atoms with Gasteiger partial charge >= 0.3 is 0 Å². The standard InChI is InChI=1S/C12H17NOS/c1-8-6-7-15-12(8)11(14)9-2-4-10(13)5-3-9/h6-7,9-10H,2-5,13H2,1H3. The lowest BCUT2D eigenvalue weighted by Gasteiger charge is -2.24. The largest absolute Gasteiger partial charge is 0.328 e. The van der Waals surface area contributed by atoms with Gasteiger partial charge in [-0.2, -0.15) is 0 Å². The zero-order chi connectivity index (χ0) is 10.8. The molecule has 0 bridgehead atoms. The average molecular weight is 223 g/mol. The number of Topliss-reactive ketones (excluding diaryl/α,β-unsaturated/α-hetero) is 1. The van der Waals surface area contributed by atoms with Crippen molar-refractivity contribution >= 4 is 17.1 Å². The van der Waals surface area contributed by atoms with Gasteiger partial charge in [-0.25, -0.2) is 0 Å². The van der Waals surface area contributed by atoms with Crippen LogP contribution < -0.4 is 5.73 Å². The van der Waals surface area contributed by atoms with Gasteiger partial charge in [-0.15, -0.1) is 11.3 Å². The molecule has 0 spiro atoms. The molecule has 0 atom stereocenters. The number of nitrogens with two attached hydrogens (primary N) is 1. The fourth-order valence-corrected chi connectivity index (χ4v) is 3.14. The molecular formula is C12H17NOS. The van der Waals surface area contributed by atoms with Gasteiger partial charge in [0.05, 0.1) is 4.88 Å². The molecule has 1 aromatic rings. The van der Waals surface area contributed by atoms with E-state index < -0.39 is 0 Å². The van der Waals surface area contributed by atoms with Crippen LogP contribution >= 0.6 is 11.3 Å². The molecule has 1 aliphatic rings. The van der Waals surface area contributed by atoms with Crippen LogP contribution in [0.2, 0.25) is 0 Å². The number of rotatable bonds is 2. The van der Waals surface area contributed by atoms with Crippen molar-refractivity contribution in [1.29, 1.82) is 0 Å². The van der Waals surface area contributed by atoms with E-state index >= 15 is 0 Å². The van der Waals surface area contributed by atoms with Crippen molar-refractivity contribution in [2.24, 2.45) is 11.7 Å². The minimum absolute atomic E-state index is 0.224. The normalized spacial score (nSPS) is 26.5. The van der Waals surface area contributed by atoms with Crippen LogP contribution in [0.5, 0.6) is 0 Å². The molecule has 3 heteroatoms. The van der Waals surface area contributed by atoms with Crippen molar-refractivity contribution in [1.82, 2.24) is 0 Å². The molecule has 2 nitrogen and oxygen atoms in total. The maximum absolute atomic E-state index is 12.2. The Morgan fingerprint density at radius 1 is 1.40 bits per heavy atom. The van der Waals surface area contributed by atoms with Gasteiger partial charge in [0, 0.05) is 12.0 Å². The highest BCUT2D eigenvalue weighted by Crippen LogP contribution is 2.29. The molecule has 1 heterocycles. The number of carbonyl (C=O) groups excluding carboxylic acids is 1. The lowest BCUT2D eigenvalue weighted by Crippen LogP contribution is -2.29. The lowest BCUT2D eigenvalue weighted by molar-refractivity contribution is 0.0888. The summed E-state index contributed by atoms with van der Waals surface area (Å²) in [5.74, 6) is 0.566. The van der Waals surface area contributed by atoms with Crippen LogP contribution in [0.4, 0.5) is 0 Å². The molecule has 0 amide bonds. The van der Waals surface area contributed by atoms with E-state index in [0.717, 1.165) is 36.1 Å². The predicted molar refractivity (Wildman–Crippen MR) is 63.3 cm³/mol. The van der Waals surface area contributed by atoms with E-state index in [1.54, 1.807) is 11.3 Å². The highest BCUT2D eigenvalue weighted by Gasteiger charge is 2.26. The fourth-order valence-electron chi connectivity index (χ4n) is 2.19. The minimum Gasteiger partial charge on any atom is -0.328 e. The van der Waals surface area contributed by atoms with Crippen molar-refractivity contribution in [3.63, 3.8) is 0 Å². The van der Waals surface area contributed by atoms with Gasteiger partial charge in [0.2, 0.25) is 0 Å². The summed E-state index contributed by atoms with van der Waals surface area (Å²) in [4.78, 5) is 13.1. The summed E-state index contributed by atoms with van der Waals surface area (Å²) in [7, 11) is 0. The number of hydrogen-bond donors (Lipinski definition) is 1. The topological polar surface area (TPSA) is 43.1 Å². The van der Waals surface area contributed by atoms with Crippen molar-refractivity contribution in [3.05, 3.63) is 21.9 Å². The van der Waals surface area contributed by atoms with Crippen LogP contribution in [0.25, 0.3) is 0 Å². The smallest absolute Gasteiger partial charge is 0.176 e. The Kier molecular flexibility index (Phi) is 3.22. The molecule has 1 aliphatic carbocycles. The first-order valence-corrected chi connectivity index (χ1v) is 6.40. The van der Waals surface area contributed by atoms with Crippen molar-refractivity contribution in [3.8, 4) is 0 Å². The summed E-state index contributed by atoms with van der Waals surface area (Å²) >= 11 is 1.57. The maximum atomic E-state index is 12.2. The average Bonchev–Trinajstić information content (AvgIpc) is 2.65.